The molecule has 0 radical (unpaired) electrons. The number of nitrogens with two attached hydrogens (primary N) is 1. The molecule has 0 aromatic carbocycles. The fourth-order valence-electron chi connectivity index (χ4n) is 2.22. The minimum absolute atomic E-state index is 0.0352. The minimum Gasteiger partial charge on any atom is -0.383 e. The summed E-state index contributed by atoms with van der Waals surface area (Å²) >= 11 is 0. The molecule has 1 aliphatic heterocycles. The minimum atomic E-state index is -0.505. The van der Waals surface area contributed by atoms with Crippen LogP contribution in [0.1, 0.15) is 26.7 Å². The second-order valence-corrected chi connectivity index (χ2v) is 4.55. The van der Waals surface area contributed by atoms with E-state index in [-0.39, 0.29) is 5.91 Å². The summed E-state index contributed by atoms with van der Waals surface area (Å²) in [7, 11) is 1.57. The van der Waals surface area contributed by atoms with Crippen LogP contribution < -0.4 is 5.73 Å². The number of nitrogens with zero attached hydrogens (tertiary/aromatic N) is 1. The van der Waals surface area contributed by atoms with Gasteiger partial charge in [-0.05, 0) is 18.8 Å². The molecule has 88 valence electrons. The third-order valence-corrected chi connectivity index (χ3v) is 3.02. The molecule has 2 N–H and O–H groups in total. The quantitative estimate of drug-likeness (QED) is 0.746. The van der Waals surface area contributed by atoms with Gasteiger partial charge in [0.25, 0.3) is 0 Å². The molecule has 0 aromatic heterocycles. The van der Waals surface area contributed by atoms with Gasteiger partial charge < -0.3 is 15.4 Å². The largest absolute Gasteiger partial charge is 0.383 e. The number of rotatable bonds is 4. The molecule has 4 heteroatoms. The molecule has 0 bridgehead atoms. The van der Waals surface area contributed by atoms with Crippen molar-refractivity contribution in [1.29, 1.82) is 0 Å². The third kappa shape index (κ3) is 2.92. The van der Waals surface area contributed by atoms with E-state index in [2.05, 4.69) is 13.8 Å². The lowest BCUT2D eigenvalue weighted by molar-refractivity contribution is -0.135. The van der Waals surface area contributed by atoms with E-state index in [0.29, 0.717) is 18.6 Å². The van der Waals surface area contributed by atoms with Crippen LogP contribution in [0.4, 0.5) is 0 Å². The van der Waals surface area contributed by atoms with Crippen molar-refractivity contribution in [3.05, 3.63) is 0 Å². The van der Waals surface area contributed by atoms with Gasteiger partial charge in [-0.3, -0.25) is 4.79 Å². The molecule has 1 fully saturated rings. The van der Waals surface area contributed by atoms with Gasteiger partial charge in [0.05, 0.1) is 6.61 Å². The van der Waals surface area contributed by atoms with Crippen molar-refractivity contribution < 1.29 is 9.53 Å². The van der Waals surface area contributed by atoms with E-state index < -0.39 is 6.04 Å². The highest BCUT2D eigenvalue weighted by Crippen LogP contribution is 2.24. The van der Waals surface area contributed by atoms with E-state index in [1.165, 1.54) is 0 Å². The van der Waals surface area contributed by atoms with Gasteiger partial charge in [-0.1, -0.05) is 13.8 Å². The van der Waals surface area contributed by atoms with Crippen LogP contribution >= 0.6 is 0 Å². The van der Waals surface area contributed by atoms with Crippen molar-refractivity contribution in [3.63, 3.8) is 0 Å². The van der Waals surface area contributed by atoms with Crippen LogP contribution in [0.3, 0.4) is 0 Å². The van der Waals surface area contributed by atoms with E-state index in [9.17, 15) is 4.79 Å². The number of amides is 1. The number of ether oxygens (including phenoxy) is 1. The van der Waals surface area contributed by atoms with Gasteiger partial charge >= 0.3 is 0 Å². The molecule has 1 amide bonds. The number of methoxy groups -OCH3 is 1. The summed E-state index contributed by atoms with van der Waals surface area (Å²) < 4.78 is 4.91. The fraction of sp³-hybridized carbons (Fsp3) is 0.909. The molecular formula is C11H22N2O2. The Kier molecular flexibility index (Phi) is 4.54. The Hall–Kier alpha value is -0.610. The van der Waals surface area contributed by atoms with Crippen molar-refractivity contribution in [2.75, 3.05) is 20.3 Å². The van der Waals surface area contributed by atoms with Crippen LogP contribution in [-0.4, -0.2) is 43.2 Å². The van der Waals surface area contributed by atoms with Crippen molar-refractivity contribution >= 4 is 5.91 Å². The number of hydrogen-bond acceptors (Lipinski definition) is 3. The van der Waals surface area contributed by atoms with Gasteiger partial charge in [0.15, 0.2) is 0 Å². The first-order valence-electron chi connectivity index (χ1n) is 5.63. The summed E-state index contributed by atoms with van der Waals surface area (Å²) in [5.41, 5.74) is 5.75. The summed E-state index contributed by atoms with van der Waals surface area (Å²) in [4.78, 5) is 13.9. The predicted octanol–water partition coefficient (Wildman–Crippen LogP) is 0.607. The predicted molar refractivity (Wildman–Crippen MR) is 59.4 cm³/mol. The molecule has 0 aromatic rings. The van der Waals surface area contributed by atoms with Gasteiger partial charge in [-0.25, -0.2) is 0 Å². The van der Waals surface area contributed by atoms with Crippen LogP contribution in [0, 0.1) is 5.92 Å². The lowest BCUT2D eigenvalue weighted by Crippen LogP contribution is -2.49. The van der Waals surface area contributed by atoms with Crippen molar-refractivity contribution in [2.24, 2.45) is 11.7 Å². The van der Waals surface area contributed by atoms with Gasteiger partial charge in [-0.15, -0.1) is 0 Å². The van der Waals surface area contributed by atoms with Crippen LogP contribution in [0.15, 0.2) is 0 Å². The molecule has 1 saturated heterocycles. The Bertz CT molecular complexity index is 219. The van der Waals surface area contributed by atoms with E-state index in [0.717, 1.165) is 19.4 Å². The van der Waals surface area contributed by atoms with Gasteiger partial charge in [0.2, 0.25) is 5.91 Å². The van der Waals surface area contributed by atoms with Gasteiger partial charge in [0.1, 0.15) is 6.04 Å². The molecule has 0 aliphatic carbocycles. The van der Waals surface area contributed by atoms with E-state index in [4.69, 9.17) is 10.5 Å². The van der Waals surface area contributed by atoms with Gasteiger partial charge in [-0.2, -0.15) is 0 Å². The topological polar surface area (TPSA) is 55.6 Å². The molecular weight excluding hydrogens is 192 g/mol. The van der Waals surface area contributed by atoms with Crippen LogP contribution in [0.5, 0.6) is 0 Å². The first-order chi connectivity index (χ1) is 7.07. The highest BCUT2D eigenvalue weighted by molar-refractivity contribution is 5.82. The van der Waals surface area contributed by atoms with Crippen molar-refractivity contribution in [2.45, 2.75) is 38.8 Å². The molecule has 1 heterocycles. The van der Waals surface area contributed by atoms with E-state index in [1.807, 2.05) is 4.90 Å². The average molecular weight is 214 g/mol. The number of likely N-dealkylation sites (tertiary alicyclic amines) is 1. The Morgan fingerprint density at radius 2 is 2.27 bits per heavy atom. The third-order valence-electron chi connectivity index (χ3n) is 3.02. The highest BCUT2D eigenvalue weighted by atomic mass is 16.5. The van der Waals surface area contributed by atoms with E-state index >= 15 is 0 Å². The lowest BCUT2D eigenvalue weighted by Gasteiger charge is -2.29. The summed E-state index contributed by atoms with van der Waals surface area (Å²) in [6, 6.07) is -0.144. The van der Waals surface area contributed by atoms with Crippen LogP contribution in [0.25, 0.3) is 0 Å². The zero-order chi connectivity index (χ0) is 11.4. The standard InChI is InChI=1S/C11H22N2O2/c1-8(2)10-5-4-6-13(10)11(14)9(12)7-15-3/h8-10H,4-7,12H2,1-3H3. The first kappa shape index (κ1) is 12.5. The first-order valence-corrected chi connectivity index (χ1v) is 5.63. The Balaban J connectivity index is 2.58. The molecule has 1 aliphatic rings. The maximum Gasteiger partial charge on any atom is 0.242 e. The SMILES string of the molecule is COCC(N)C(=O)N1CCCC1C(C)C. The normalized spacial score (nSPS) is 23.5. The molecule has 2 unspecified atom stereocenters. The summed E-state index contributed by atoms with van der Waals surface area (Å²) in [5, 5.41) is 0. The molecule has 1 rings (SSSR count). The highest BCUT2D eigenvalue weighted by Gasteiger charge is 2.33. The fourth-order valence-corrected chi connectivity index (χ4v) is 2.22. The molecule has 2 atom stereocenters. The van der Waals surface area contributed by atoms with E-state index in [1.54, 1.807) is 7.11 Å². The van der Waals surface area contributed by atoms with Crippen LogP contribution in [-0.2, 0) is 9.53 Å². The Labute approximate surface area is 91.8 Å². The summed E-state index contributed by atoms with van der Waals surface area (Å²) in [6.07, 6.45) is 2.19. The number of hydrogen-bond donors (Lipinski definition) is 1. The molecule has 4 nitrogen and oxygen atoms in total. The van der Waals surface area contributed by atoms with Gasteiger partial charge in [0, 0.05) is 19.7 Å². The Morgan fingerprint density at radius 3 is 2.80 bits per heavy atom. The van der Waals surface area contributed by atoms with Crippen molar-refractivity contribution in [3.8, 4) is 0 Å². The Morgan fingerprint density at radius 1 is 1.60 bits per heavy atom. The second-order valence-electron chi connectivity index (χ2n) is 4.55. The zero-order valence-corrected chi connectivity index (χ0v) is 9.90. The zero-order valence-electron chi connectivity index (χ0n) is 9.90. The number of carbonyl (C=O) groups excluding carboxylic acids is 1. The smallest absolute Gasteiger partial charge is 0.242 e. The molecule has 0 spiro atoms. The summed E-state index contributed by atoms with van der Waals surface area (Å²) in [6.45, 7) is 5.45. The van der Waals surface area contributed by atoms with Crippen molar-refractivity contribution in [1.82, 2.24) is 4.90 Å². The monoisotopic (exact) mass is 214 g/mol. The molecule has 0 saturated carbocycles. The maximum absolute atomic E-state index is 12.0. The second kappa shape index (κ2) is 5.47. The molecule has 15 heavy (non-hydrogen) atoms. The average Bonchev–Trinajstić information content (AvgIpc) is 2.65. The summed E-state index contributed by atoms with van der Waals surface area (Å²) in [5.74, 6) is 0.541. The lowest BCUT2D eigenvalue weighted by atomic mass is 10.0. The van der Waals surface area contributed by atoms with Crippen LogP contribution in [0.2, 0.25) is 0 Å². The number of carbonyl (C=O) groups is 1. The maximum atomic E-state index is 12.0.